The van der Waals surface area contributed by atoms with Crippen LogP contribution in [0.5, 0.6) is 5.75 Å². The number of likely N-dealkylation sites (tertiary alicyclic amines) is 2. The van der Waals surface area contributed by atoms with Crippen molar-refractivity contribution < 1.29 is 19.2 Å². The number of para-hydroxylation sites is 1. The zero-order chi connectivity index (χ0) is 53.1. The number of aromatic hydroxyl groups is 1. The number of unbranched alkanes of at least 4 members (excludes halogenated alkanes) is 1. The number of nitrogens with zero attached hydrogens (tertiary/aromatic N) is 7. The Labute approximate surface area is 456 Å². The van der Waals surface area contributed by atoms with E-state index in [1.54, 1.807) is 23.5 Å². The summed E-state index contributed by atoms with van der Waals surface area (Å²) in [4.78, 5) is 32.1. The van der Waals surface area contributed by atoms with Gasteiger partial charge in [-0.15, -0.1) is 11.3 Å². The van der Waals surface area contributed by atoms with Crippen LogP contribution < -0.4 is 27.4 Å². The molecule has 6 atom stereocenters. The molecule has 10 rings (SSSR count). The van der Waals surface area contributed by atoms with Crippen LogP contribution in [-0.2, 0) is 9.53 Å². The van der Waals surface area contributed by atoms with E-state index >= 15 is 0 Å². The van der Waals surface area contributed by atoms with Crippen molar-refractivity contribution >= 4 is 28.8 Å². The number of piperidine rings is 2. The summed E-state index contributed by atoms with van der Waals surface area (Å²) in [5, 5.41) is 18.2. The number of nitrogens with two attached hydrogens (primary N) is 3. The lowest BCUT2D eigenvalue weighted by molar-refractivity contribution is -0.134. The number of hydrogen-bond donors (Lipinski definition) is 5. The van der Waals surface area contributed by atoms with Crippen LogP contribution >= 0.6 is 11.3 Å². The molecule has 0 radical (unpaired) electrons. The highest BCUT2D eigenvalue weighted by atomic mass is 32.1. The number of anilines is 1. The maximum Gasteiger partial charge on any atom is 0.231 e. The van der Waals surface area contributed by atoms with E-state index in [1.165, 1.54) is 61.3 Å². The Hall–Kier alpha value is -5.13. The number of benzene rings is 2. The molecule has 1 amide bonds. The minimum atomic E-state index is -0.362. The molecular weight excluding hydrogens is 971 g/mol. The van der Waals surface area contributed by atoms with Crippen molar-refractivity contribution in [3.63, 3.8) is 0 Å². The van der Waals surface area contributed by atoms with E-state index in [1.807, 2.05) is 29.8 Å². The molecule has 5 aliphatic heterocycles. The van der Waals surface area contributed by atoms with Crippen LogP contribution in [0.2, 0.25) is 0 Å². The average Bonchev–Trinajstić information content (AvgIpc) is 4.15. The highest BCUT2D eigenvalue weighted by molar-refractivity contribution is 7.13. The number of carbonyl (C=O) groups excluding carboxylic acids is 1. The largest absolute Gasteiger partial charge is 0.507 e. The van der Waals surface area contributed by atoms with Crippen LogP contribution in [0.1, 0.15) is 133 Å². The number of phenols is 1. The summed E-state index contributed by atoms with van der Waals surface area (Å²) in [6.45, 7) is 21.7. The third-order valence-corrected chi connectivity index (χ3v) is 19.4. The van der Waals surface area contributed by atoms with Crippen LogP contribution in [0.3, 0.4) is 0 Å². The number of nitrogens with one attached hydrogen (secondary N) is 1. The number of aromatic nitrogens is 2. The predicted octanol–water partition coefficient (Wildman–Crippen LogP) is 8.43. The third-order valence-electron chi connectivity index (χ3n) is 18.4. The van der Waals surface area contributed by atoms with Gasteiger partial charge in [-0.25, -0.2) is 4.98 Å². The van der Waals surface area contributed by atoms with Gasteiger partial charge in [0.2, 0.25) is 5.91 Å². The van der Waals surface area contributed by atoms with Gasteiger partial charge in [-0.05, 0) is 144 Å². The third kappa shape index (κ3) is 12.4. The number of piperazine rings is 1. The number of morpholine rings is 1. The number of thiazole rings is 1. The first-order valence-corrected chi connectivity index (χ1v) is 29.7. The number of aryl methyl sites for hydroxylation is 1. The van der Waals surface area contributed by atoms with E-state index in [0.717, 1.165) is 108 Å². The monoisotopic (exact) mass is 1060 g/mol. The van der Waals surface area contributed by atoms with Gasteiger partial charge >= 0.3 is 0 Å². The number of hydrogen-bond acceptors (Lipinski definition) is 15. The van der Waals surface area contributed by atoms with Crippen LogP contribution in [0, 0.1) is 24.2 Å². The SMILES string of the molecule is Cc1ncsc1-c1ccc(C(C)CCCCNC(=O)C(c2cc(N3CCC(CN4CCC5(CC4)CC(N4CC(C)OC(CN6C7CCC6CN(C(/C=C(\N)c6ccccc6O)=C(N)N)C7)C4)C5)CC3)no2)C(C)C)cc1. The fourth-order valence-electron chi connectivity index (χ4n) is 14.0. The molecule has 1 spiro atoms. The second-order valence-corrected chi connectivity index (χ2v) is 25.0. The summed E-state index contributed by atoms with van der Waals surface area (Å²) in [6.07, 6.45) is 15.2. The molecule has 6 unspecified atom stereocenters. The highest BCUT2D eigenvalue weighted by Gasteiger charge is 2.50. The summed E-state index contributed by atoms with van der Waals surface area (Å²) in [5.41, 5.74) is 26.9. The molecule has 1 saturated carbocycles. The molecule has 16 heteroatoms. The molecule has 5 saturated heterocycles. The molecule has 4 aromatic rings. The molecule has 76 heavy (non-hydrogen) atoms. The maximum absolute atomic E-state index is 13.6. The van der Waals surface area contributed by atoms with Gasteiger partial charge in [0.15, 0.2) is 11.6 Å². The molecular formula is C60H87N11O4S. The van der Waals surface area contributed by atoms with Crippen molar-refractivity contribution in [2.75, 3.05) is 76.9 Å². The van der Waals surface area contributed by atoms with Crippen LogP contribution in [0.4, 0.5) is 5.82 Å². The first-order chi connectivity index (χ1) is 36.7. The van der Waals surface area contributed by atoms with Crippen molar-refractivity contribution in [2.24, 2.45) is 34.5 Å². The number of carbonyl (C=O) groups is 1. The number of amides is 1. The molecule has 412 valence electrons. The van der Waals surface area contributed by atoms with Gasteiger partial charge in [0.25, 0.3) is 0 Å². The Balaban J connectivity index is 0.620. The summed E-state index contributed by atoms with van der Waals surface area (Å²) in [6, 6.07) is 19.5. The Morgan fingerprint density at radius 1 is 0.908 bits per heavy atom. The Morgan fingerprint density at radius 3 is 2.30 bits per heavy atom. The van der Waals surface area contributed by atoms with Crippen LogP contribution in [0.15, 0.2) is 82.2 Å². The summed E-state index contributed by atoms with van der Waals surface area (Å²) >= 11 is 1.69. The van der Waals surface area contributed by atoms with Crippen molar-refractivity contribution in [1.29, 1.82) is 0 Å². The lowest BCUT2D eigenvalue weighted by Crippen LogP contribution is -2.62. The molecule has 6 fully saturated rings. The van der Waals surface area contributed by atoms with E-state index in [2.05, 4.69) is 98.8 Å². The van der Waals surface area contributed by atoms with Gasteiger partial charge in [-0.2, -0.15) is 0 Å². The number of allylic oxidation sites excluding steroid dienone is 1. The first-order valence-electron chi connectivity index (χ1n) is 28.8. The predicted molar refractivity (Wildman–Crippen MR) is 304 cm³/mol. The number of ether oxygens (including phenoxy) is 1. The molecule has 2 aromatic heterocycles. The van der Waals surface area contributed by atoms with Crippen molar-refractivity contribution in [1.82, 2.24) is 35.1 Å². The van der Waals surface area contributed by atoms with Gasteiger partial charge in [-0.1, -0.05) is 68.7 Å². The van der Waals surface area contributed by atoms with Gasteiger partial charge in [0.05, 0.1) is 34.0 Å². The van der Waals surface area contributed by atoms with Crippen molar-refractivity contribution in [2.45, 2.75) is 147 Å². The molecule has 6 aliphatic rings. The van der Waals surface area contributed by atoms with Gasteiger partial charge in [0.1, 0.15) is 17.5 Å². The van der Waals surface area contributed by atoms with Crippen LogP contribution in [-0.4, -0.2) is 143 Å². The minimum absolute atomic E-state index is 0.0275. The van der Waals surface area contributed by atoms with E-state index in [-0.39, 0.29) is 41.5 Å². The smallest absolute Gasteiger partial charge is 0.231 e. The topological polar surface area (TPSA) is 192 Å². The van der Waals surface area contributed by atoms with E-state index in [4.69, 9.17) is 26.5 Å². The second-order valence-electron chi connectivity index (χ2n) is 24.1. The van der Waals surface area contributed by atoms with Gasteiger partial charge in [-0.3, -0.25) is 14.6 Å². The van der Waals surface area contributed by atoms with Gasteiger partial charge in [0, 0.05) is 94.4 Å². The second kappa shape index (κ2) is 23.9. The Kier molecular flexibility index (Phi) is 17.0. The number of fused-ring (bicyclic) bond motifs is 2. The zero-order valence-corrected chi connectivity index (χ0v) is 46.9. The minimum Gasteiger partial charge on any atom is -0.507 e. The highest BCUT2D eigenvalue weighted by Crippen LogP contribution is 2.51. The molecule has 8 N–H and O–H groups in total. The Bertz CT molecular complexity index is 2610. The van der Waals surface area contributed by atoms with E-state index in [0.29, 0.717) is 58.9 Å². The number of phenolic OH excluding ortho intramolecular Hbond substituents is 1. The van der Waals surface area contributed by atoms with E-state index < -0.39 is 0 Å². The zero-order valence-electron chi connectivity index (χ0n) is 46.0. The fraction of sp³-hybridized carbons (Fsp3) is 0.617. The molecule has 2 aromatic carbocycles. The van der Waals surface area contributed by atoms with E-state index in [9.17, 15) is 9.90 Å². The summed E-state index contributed by atoms with van der Waals surface area (Å²) in [5.74, 6) is 2.83. The van der Waals surface area contributed by atoms with Crippen molar-refractivity contribution in [3.8, 4) is 16.2 Å². The molecule has 2 bridgehead atoms. The molecule has 1 aliphatic carbocycles. The normalized spacial score (nSPS) is 24.7. The average molecular weight is 1060 g/mol. The lowest BCUT2D eigenvalue weighted by atomic mass is 9.60. The van der Waals surface area contributed by atoms with Crippen LogP contribution in [0.25, 0.3) is 16.1 Å². The quantitative estimate of drug-likeness (QED) is 0.0444. The fourth-order valence-corrected chi connectivity index (χ4v) is 14.8. The molecule has 15 nitrogen and oxygen atoms in total. The maximum atomic E-state index is 13.6. The van der Waals surface area contributed by atoms with Crippen molar-refractivity contribution in [3.05, 3.63) is 100 Å². The summed E-state index contributed by atoms with van der Waals surface area (Å²) < 4.78 is 12.6. The number of rotatable bonds is 19. The van der Waals surface area contributed by atoms with Gasteiger partial charge < -0.3 is 51.6 Å². The molecule has 7 heterocycles. The standard InChI is InChI=1S/C60H87N11O4S/c1-39(2)56(59(73)64-23-9-8-10-40(3)44-13-15-45(16-14-44)57-42(5)65-38-76-57)54-29-55(66-75-54)68-24-19-43(20-25-68)33-67-26-21-60(22-27-67)30-48(31-60)69-32-41(4)74-49(36-69)37-71-46-17-18-47(71)35-70(34-46)52(58(62)63)28-51(61)50-11-6-7-12-53(50)72/h6-7,11-16,28-29,38-41,43,46-49,56,72H,8-10,17-27,30-37,61-63H2,1-5H3,(H,64,73)/b51-28-. The Morgan fingerprint density at radius 2 is 1.63 bits per heavy atom. The lowest BCUT2D eigenvalue weighted by Gasteiger charge is -2.57. The summed E-state index contributed by atoms with van der Waals surface area (Å²) in [7, 11) is 0. The first kappa shape index (κ1) is 54.2.